The van der Waals surface area contributed by atoms with Crippen molar-refractivity contribution in [2.45, 2.75) is 26.5 Å². The Balaban J connectivity index is 2.32. The lowest BCUT2D eigenvalue weighted by molar-refractivity contribution is 0.262. The van der Waals surface area contributed by atoms with Crippen molar-refractivity contribution in [3.8, 4) is 11.4 Å². The first-order valence-electron chi connectivity index (χ1n) is 6.85. The summed E-state index contributed by atoms with van der Waals surface area (Å²) in [4.78, 5) is 0. The highest BCUT2D eigenvalue weighted by Crippen LogP contribution is 2.31. The minimum Gasteiger partial charge on any atom is -0.388 e. The molecule has 0 bridgehead atoms. The molecule has 0 atom stereocenters. The molecular formula is C16H16FN3O. The number of hydrogen-bond acceptors (Lipinski definition) is 3. The van der Waals surface area contributed by atoms with Gasteiger partial charge in [-0.2, -0.15) is 0 Å². The molecule has 0 spiro atoms. The van der Waals surface area contributed by atoms with Gasteiger partial charge in [-0.25, -0.2) is 4.39 Å². The first kappa shape index (κ1) is 13.7. The molecule has 1 N–H and O–H groups in total. The fourth-order valence-electron chi connectivity index (χ4n) is 2.62. The second kappa shape index (κ2) is 5.26. The lowest BCUT2D eigenvalue weighted by Gasteiger charge is -2.14. The standard InChI is InChI=1S/C16H16FN3O/c1-10(2)20-15(9-21)18-19-16(20)13-7-8-14(17)12-6-4-3-5-11(12)13/h3-8,10,21H,9H2,1-2H3. The van der Waals surface area contributed by atoms with Crippen LogP contribution in [-0.2, 0) is 6.61 Å². The van der Waals surface area contributed by atoms with Gasteiger partial charge in [0.15, 0.2) is 11.6 Å². The van der Waals surface area contributed by atoms with E-state index in [2.05, 4.69) is 10.2 Å². The predicted octanol–water partition coefficient (Wildman–Crippen LogP) is 3.31. The molecule has 5 heteroatoms. The summed E-state index contributed by atoms with van der Waals surface area (Å²) < 4.78 is 15.8. The van der Waals surface area contributed by atoms with E-state index in [1.54, 1.807) is 12.1 Å². The van der Waals surface area contributed by atoms with Crippen molar-refractivity contribution in [2.24, 2.45) is 0 Å². The van der Waals surface area contributed by atoms with Crippen LogP contribution in [0.3, 0.4) is 0 Å². The lowest BCUT2D eigenvalue weighted by atomic mass is 10.0. The molecule has 0 radical (unpaired) electrons. The van der Waals surface area contributed by atoms with Crippen LogP contribution in [0.5, 0.6) is 0 Å². The van der Waals surface area contributed by atoms with Gasteiger partial charge in [-0.1, -0.05) is 24.3 Å². The number of fused-ring (bicyclic) bond motifs is 1. The Kier molecular flexibility index (Phi) is 3.43. The molecule has 4 nitrogen and oxygen atoms in total. The van der Waals surface area contributed by atoms with Gasteiger partial charge in [0.2, 0.25) is 0 Å². The van der Waals surface area contributed by atoms with E-state index in [0.29, 0.717) is 17.0 Å². The van der Waals surface area contributed by atoms with Crippen molar-refractivity contribution in [2.75, 3.05) is 0 Å². The van der Waals surface area contributed by atoms with Crippen molar-refractivity contribution in [3.05, 3.63) is 48.0 Å². The third kappa shape index (κ3) is 2.19. The summed E-state index contributed by atoms with van der Waals surface area (Å²) in [6.07, 6.45) is 0. The molecule has 0 fully saturated rings. The highest BCUT2D eigenvalue weighted by atomic mass is 19.1. The molecular weight excluding hydrogens is 269 g/mol. The minimum atomic E-state index is -0.257. The minimum absolute atomic E-state index is 0.0981. The Bertz CT molecular complexity index is 795. The van der Waals surface area contributed by atoms with Gasteiger partial charge in [-0.3, -0.25) is 0 Å². The van der Waals surface area contributed by atoms with Gasteiger partial charge in [0.05, 0.1) is 0 Å². The average molecular weight is 285 g/mol. The topological polar surface area (TPSA) is 50.9 Å². The van der Waals surface area contributed by atoms with Crippen LogP contribution in [0.4, 0.5) is 4.39 Å². The number of aliphatic hydroxyl groups is 1. The van der Waals surface area contributed by atoms with Crippen LogP contribution < -0.4 is 0 Å². The largest absolute Gasteiger partial charge is 0.388 e. The van der Waals surface area contributed by atoms with E-state index in [1.807, 2.05) is 36.6 Å². The number of halogens is 1. The maximum Gasteiger partial charge on any atom is 0.164 e. The summed E-state index contributed by atoms with van der Waals surface area (Å²) >= 11 is 0. The Morgan fingerprint density at radius 2 is 1.81 bits per heavy atom. The second-order valence-electron chi connectivity index (χ2n) is 5.20. The van der Waals surface area contributed by atoms with Crippen LogP contribution in [0, 0.1) is 5.82 Å². The quantitative estimate of drug-likeness (QED) is 0.803. The molecule has 3 aromatic rings. The fraction of sp³-hybridized carbons (Fsp3) is 0.250. The number of aromatic nitrogens is 3. The van der Waals surface area contributed by atoms with Gasteiger partial charge in [0.25, 0.3) is 0 Å². The first-order valence-corrected chi connectivity index (χ1v) is 6.85. The summed E-state index contributed by atoms with van der Waals surface area (Å²) in [5, 5.41) is 19.0. The van der Waals surface area contributed by atoms with Gasteiger partial charge in [0, 0.05) is 17.0 Å². The number of nitrogens with zero attached hydrogens (tertiary/aromatic N) is 3. The zero-order chi connectivity index (χ0) is 15.0. The van der Waals surface area contributed by atoms with Crippen LogP contribution in [0.25, 0.3) is 22.2 Å². The summed E-state index contributed by atoms with van der Waals surface area (Å²) in [5.74, 6) is 0.894. The van der Waals surface area contributed by atoms with E-state index >= 15 is 0 Å². The van der Waals surface area contributed by atoms with Gasteiger partial charge in [-0.15, -0.1) is 10.2 Å². The van der Waals surface area contributed by atoms with E-state index < -0.39 is 0 Å². The smallest absolute Gasteiger partial charge is 0.164 e. The third-order valence-electron chi connectivity index (χ3n) is 3.54. The van der Waals surface area contributed by atoms with Crippen LogP contribution in [0.15, 0.2) is 36.4 Å². The van der Waals surface area contributed by atoms with Crippen molar-refractivity contribution in [1.82, 2.24) is 14.8 Å². The summed E-state index contributed by atoms with van der Waals surface area (Å²) in [7, 11) is 0. The molecule has 0 amide bonds. The van der Waals surface area contributed by atoms with Crippen molar-refractivity contribution >= 4 is 10.8 Å². The molecule has 1 aromatic heterocycles. The van der Waals surface area contributed by atoms with Crippen molar-refractivity contribution < 1.29 is 9.50 Å². The van der Waals surface area contributed by atoms with Crippen molar-refractivity contribution in [1.29, 1.82) is 0 Å². The molecule has 0 unspecified atom stereocenters. The molecule has 0 aliphatic rings. The SMILES string of the molecule is CC(C)n1c(CO)nnc1-c1ccc(F)c2ccccc12. The van der Waals surface area contributed by atoms with Gasteiger partial charge < -0.3 is 9.67 Å². The average Bonchev–Trinajstić information content (AvgIpc) is 2.92. The van der Waals surface area contributed by atoms with E-state index in [-0.39, 0.29) is 18.5 Å². The fourth-order valence-corrected chi connectivity index (χ4v) is 2.62. The van der Waals surface area contributed by atoms with Crippen LogP contribution >= 0.6 is 0 Å². The normalized spacial score (nSPS) is 11.5. The number of hydrogen-bond donors (Lipinski definition) is 1. The monoisotopic (exact) mass is 285 g/mol. The zero-order valence-corrected chi connectivity index (χ0v) is 11.9. The maximum absolute atomic E-state index is 13.9. The highest BCUT2D eigenvalue weighted by molar-refractivity contribution is 5.95. The number of aliphatic hydroxyl groups excluding tert-OH is 1. The first-order chi connectivity index (χ1) is 10.1. The predicted molar refractivity (Wildman–Crippen MR) is 79.2 cm³/mol. The van der Waals surface area contributed by atoms with Gasteiger partial charge >= 0.3 is 0 Å². The molecule has 3 rings (SSSR count). The van der Waals surface area contributed by atoms with E-state index in [4.69, 9.17) is 0 Å². The molecule has 108 valence electrons. The van der Waals surface area contributed by atoms with Gasteiger partial charge in [-0.05, 0) is 31.4 Å². The zero-order valence-electron chi connectivity index (χ0n) is 11.9. The van der Waals surface area contributed by atoms with Crippen LogP contribution in [0.1, 0.15) is 25.7 Å². The maximum atomic E-state index is 13.9. The Morgan fingerprint density at radius 1 is 1.10 bits per heavy atom. The number of rotatable bonds is 3. The lowest BCUT2D eigenvalue weighted by Crippen LogP contribution is -2.08. The molecule has 2 aromatic carbocycles. The Morgan fingerprint density at radius 3 is 2.48 bits per heavy atom. The molecule has 0 aliphatic heterocycles. The summed E-state index contributed by atoms with van der Waals surface area (Å²) in [6, 6.07) is 10.5. The summed E-state index contributed by atoms with van der Waals surface area (Å²) in [5.41, 5.74) is 0.813. The Hall–Kier alpha value is -2.27. The second-order valence-corrected chi connectivity index (χ2v) is 5.20. The molecule has 0 saturated carbocycles. The Labute approximate surface area is 121 Å². The molecule has 0 aliphatic carbocycles. The molecule has 21 heavy (non-hydrogen) atoms. The van der Waals surface area contributed by atoms with Crippen LogP contribution in [-0.4, -0.2) is 19.9 Å². The third-order valence-corrected chi connectivity index (χ3v) is 3.54. The van der Waals surface area contributed by atoms with E-state index in [0.717, 1.165) is 10.9 Å². The van der Waals surface area contributed by atoms with E-state index in [1.165, 1.54) is 6.07 Å². The van der Waals surface area contributed by atoms with E-state index in [9.17, 15) is 9.50 Å². The summed E-state index contributed by atoms with van der Waals surface area (Å²) in [6.45, 7) is 3.82. The van der Waals surface area contributed by atoms with Gasteiger partial charge in [0.1, 0.15) is 12.4 Å². The molecule has 0 saturated heterocycles. The van der Waals surface area contributed by atoms with Crippen molar-refractivity contribution in [3.63, 3.8) is 0 Å². The van der Waals surface area contributed by atoms with Crippen LogP contribution in [0.2, 0.25) is 0 Å². The highest BCUT2D eigenvalue weighted by Gasteiger charge is 2.18. The molecule has 1 heterocycles. The number of benzene rings is 2.